The molecule has 1 unspecified atom stereocenters. The third-order valence-electron chi connectivity index (χ3n) is 2.10. The van der Waals surface area contributed by atoms with Crippen LogP contribution >= 0.6 is 0 Å². The molecule has 1 atom stereocenters. The first kappa shape index (κ1) is 9.75. The zero-order valence-electron chi connectivity index (χ0n) is 8.01. The second-order valence-corrected chi connectivity index (χ2v) is 3.23. The van der Waals surface area contributed by atoms with Crippen LogP contribution in [0.1, 0.15) is 26.2 Å². The van der Waals surface area contributed by atoms with Crippen molar-refractivity contribution in [2.45, 2.75) is 26.2 Å². The largest absolute Gasteiger partial charge is 0.359 e. The molecule has 0 spiro atoms. The van der Waals surface area contributed by atoms with Crippen LogP contribution in [0.25, 0.3) is 0 Å². The highest BCUT2D eigenvalue weighted by Gasteiger charge is 2.23. The van der Waals surface area contributed by atoms with Gasteiger partial charge in [0.1, 0.15) is 6.79 Å². The van der Waals surface area contributed by atoms with Crippen LogP contribution in [0.4, 0.5) is 0 Å². The molecule has 0 radical (unpaired) electrons. The molecule has 0 heterocycles. The third kappa shape index (κ3) is 3.37. The van der Waals surface area contributed by atoms with E-state index in [1.54, 1.807) is 12.7 Å². The summed E-state index contributed by atoms with van der Waals surface area (Å²) in [6.45, 7) is 3.46. The van der Waals surface area contributed by atoms with Crippen molar-refractivity contribution >= 4 is 0 Å². The monoisotopic (exact) mass is 170 g/mol. The molecule has 0 aromatic heterocycles. The Morgan fingerprint density at radius 2 is 2.33 bits per heavy atom. The highest BCUT2D eigenvalue weighted by atomic mass is 16.7. The van der Waals surface area contributed by atoms with E-state index in [-0.39, 0.29) is 0 Å². The minimum absolute atomic E-state index is 0.422. The first-order valence-electron chi connectivity index (χ1n) is 4.65. The maximum Gasteiger partial charge on any atom is 0.146 e. The number of unbranched alkanes of at least 4 members (excludes halogenated alkanes) is 1. The lowest BCUT2D eigenvalue weighted by Crippen LogP contribution is -2.01. The van der Waals surface area contributed by atoms with Crippen LogP contribution < -0.4 is 0 Å². The van der Waals surface area contributed by atoms with Gasteiger partial charge in [0.2, 0.25) is 0 Å². The van der Waals surface area contributed by atoms with Crippen LogP contribution in [0, 0.1) is 5.92 Å². The summed E-state index contributed by atoms with van der Waals surface area (Å²) in [5.74, 6) is 0.631. The summed E-state index contributed by atoms with van der Waals surface area (Å²) in [5.41, 5.74) is 1.58. The number of methoxy groups -OCH3 is 1. The topological polar surface area (TPSA) is 18.5 Å². The van der Waals surface area contributed by atoms with Gasteiger partial charge in [0.05, 0.1) is 6.61 Å². The lowest BCUT2D eigenvalue weighted by molar-refractivity contribution is -0.0330. The fourth-order valence-electron chi connectivity index (χ4n) is 1.27. The summed E-state index contributed by atoms with van der Waals surface area (Å²) in [6.07, 6.45) is 6.15. The van der Waals surface area contributed by atoms with Gasteiger partial charge in [-0.2, -0.15) is 0 Å². The second kappa shape index (κ2) is 5.33. The zero-order chi connectivity index (χ0) is 8.81. The van der Waals surface area contributed by atoms with Crippen molar-refractivity contribution < 1.29 is 9.47 Å². The number of ether oxygens (including phenoxy) is 2. The van der Waals surface area contributed by atoms with E-state index in [0.29, 0.717) is 12.7 Å². The Bertz CT molecular complexity index is 152. The Balaban J connectivity index is 1.89. The van der Waals surface area contributed by atoms with Crippen LogP contribution in [0.3, 0.4) is 0 Å². The molecule has 1 aliphatic rings. The smallest absolute Gasteiger partial charge is 0.146 e. The average molecular weight is 170 g/mol. The molecule has 0 aromatic carbocycles. The van der Waals surface area contributed by atoms with E-state index in [2.05, 4.69) is 13.0 Å². The van der Waals surface area contributed by atoms with Gasteiger partial charge in [-0.05, 0) is 12.8 Å². The van der Waals surface area contributed by atoms with E-state index in [1.165, 1.54) is 19.3 Å². The maximum atomic E-state index is 5.24. The van der Waals surface area contributed by atoms with E-state index >= 15 is 0 Å². The van der Waals surface area contributed by atoms with Crippen LogP contribution in [0.15, 0.2) is 11.6 Å². The normalized spacial score (nSPS) is 20.8. The van der Waals surface area contributed by atoms with Crippen molar-refractivity contribution in [1.29, 1.82) is 0 Å². The predicted octanol–water partition coefficient (Wildman–Crippen LogP) is 2.35. The van der Waals surface area contributed by atoms with Crippen molar-refractivity contribution in [2.75, 3.05) is 20.5 Å². The number of hydrogen-bond acceptors (Lipinski definition) is 2. The molecular weight excluding hydrogens is 152 g/mol. The fraction of sp³-hybridized carbons (Fsp3) is 0.800. The van der Waals surface area contributed by atoms with Gasteiger partial charge in [0, 0.05) is 13.0 Å². The quantitative estimate of drug-likeness (QED) is 0.332. The molecule has 0 N–H and O–H groups in total. The van der Waals surface area contributed by atoms with Crippen molar-refractivity contribution in [1.82, 2.24) is 0 Å². The Labute approximate surface area is 74.6 Å². The summed E-state index contributed by atoms with van der Waals surface area (Å²) in [7, 11) is 1.65. The predicted molar refractivity (Wildman–Crippen MR) is 48.9 cm³/mol. The molecule has 0 fully saturated rings. The first-order chi connectivity index (χ1) is 5.88. The molecule has 0 saturated heterocycles. The van der Waals surface area contributed by atoms with Gasteiger partial charge < -0.3 is 9.47 Å². The molecule has 1 rings (SSSR count). The molecule has 0 aliphatic heterocycles. The summed E-state index contributed by atoms with van der Waals surface area (Å²) in [4.78, 5) is 0. The van der Waals surface area contributed by atoms with Crippen LogP contribution in [-0.4, -0.2) is 20.5 Å². The van der Waals surface area contributed by atoms with E-state index in [9.17, 15) is 0 Å². The fourth-order valence-corrected chi connectivity index (χ4v) is 1.27. The molecule has 2 heteroatoms. The molecular formula is C10H18O2. The van der Waals surface area contributed by atoms with E-state index < -0.39 is 0 Å². The van der Waals surface area contributed by atoms with Crippen LogP contribution in [-0.2, 0) is 9.47 Å². The second-order valence-electron chi connectivity index (χ2n) is 3.23. The molecule has 0 saturated carbocycles. The maximum absolute atomic E-state index is 5.24. The van der Waals surface area contributed by atoms with Crippen molar-refractivity contribution in [2.24, 2.45) is 5.92 Å². The zero-order valence-corrected chi connectivity index (χ0v) is 8.01. The highest BCUT2D eigenvalue weighted by Crippen LogP contribution is 2.33. The Kier molecular flexibility index (Phi) is 4.33. The van der Waals surface area contributed by atoms with Gasteiger partial charge in [-0.25, -0.2) is 0 Å². The van der Waals surface area contributed by atoms with E-state index in [4.69, 9.17) is 9.47 Å². The van der Waals surface area contributed by atoms with E-state index in [1.807, 2.05) is 0 Å². The summed E-state index contributed by atoms with van der Waals surface area (Å²) in [5, 5.41) is 0. The van der Waals surface area contributed by atoms with Crippen molar-refractivity contribution in [3.8, 4) is 0 Å². The Morgan fingerprint density at radius 3 is 3.00 bits per heavy atom. The molecule has 2 nitrogen and oxygen atoms in total. The lowest BCUT2D eigenvalue weighted by atomic mass is 10.2. The van der Waals surface area contributed by atoms with Gasteiger partial charge in [0.25, 0.3) is 0 Å². The minimum Gasteiger partial charge on any atom is -0.359 e. The van der Waals surface area contributed by atoms with Gasteiger partial charge in [0.15, 0.2) is 0 Å². The lowest BCUT2D eigenvalue weighted by Gasteiger charge is -2.01. The number of hydrogen-bond donors (Lipinski definition) is 0. The van der Waals surface area contributed by atoms with Gasteiger partial charge in [-0.3, -0.25) is 0 Å². The molecule has 0 bridgehead atoms. The Hall–Kier alpha value is -0.340. The molecule has 70 valence electrons. The first-order valence-corrected chi connectivity index (χ1v) is 4.65. The summed E-state index contributed by atoms with van der Waals surface area (Å²) >= 11 is 0. The van der Waals surface area contributed by atoms with Crippen LogP contribution in [0.5, 0.6) is 0 Å². The molecule has 12 heavy (non-hydrogen) atoms. The highest BCUT2D eigenvalue weighted by molar-refractivity contribution is 5.28. The third-order valence-corrected chi connectivity index (χ3v) is 2.10. The van der Waals surface area contributed by atoms with Gasteiger partial charge >= 0.3 is 0 Å². The standard InChI is InChI=1S/C10H18O2/c1-3-4-5-9-6-10(9)7-12-8-11-2/h6,10H,3-5,7-8H2,1-2H3. The van der Waals surface area contributed by atoms with E-state index in [0.717, 1.165) is 6.61 Å². The number of rotatable bonds is 7. The molecule has 0 aromatic rings. The Morgan fingerprint density at radius 1 is 1.50 bits per heavy atom. The molecule has 1 aliphatic carbocycles. The van der Waals surface area contributed by atoms with Crippen molar-refractivity contribution in [3.05, 3.63) is 11.6 Å². The van der Waals surface area contributed by atoms with Crippen LogP contribution in [0.2, 0.25) is 0 Å². The average Bonchev–Trinajstić information content (AvgIpc) is 2.81. The summed E-state index contributed by atoms with van der Waals surface area (Å²) in [6, 6.07) is 0. The molecule has 0 amide bonds. The van der Waals surface area contributed by atoms with Gasteiger partial charge in [-0.15, -0.1) is 0 Å². The minimum atomic E-state index is 0.422. The van der Waals surface area contributed by atoms with Crippen molar-refractivity contribution in [3.63, 3.8) is 0 Å². The van der Waals surface area contributed by atoms with Gasteiger partial charge in [-0.1, -0.05) is 25.0 Å². The SMILES string of the molecule is CCCCC1=CC1COCOC. The summed E-state index contributed by atoms with van der Waals surface area (Å²) < 4.78 is 10.0.